The number of esters is 1. The summed E-state index contributed by atoms with van der Waals surface area (Å²) in [6.07, 6.45) is 2.03. The Balaban J connectivity index is 1.42. The fraction of sp³-hybridized carbons (Fsp3) is 0.500. The van der Waals surface area contributed by atoms with Crippen molar-refractivity contribution in [2.45, 2.75) is 57.8 Å². The fourth-order valence-corrected chi connectivity index (χ4v) is 5.15. The summed E-state index contributed by atoms with van der Waals surface area (Å²) >= 11 is 3.32. The first-order chi connectivity index (χ1) is 17.1. The number of hydrogen-bond acceptors (Lipinski definition) is 9. The summed E-state index contributed by atoms with van der Waals surface area (Å²) in [4.78, 5) is 38.4. The molecule has 2 unspecified atom stereocenters. The number of rotatable bonds is 10. The summed E-state index contributed by atoms with van der Waals surface area (Å²) in [5.74, 6) is -0.320. The number of carbonyl (C=O) groups excluding carboxylic acids is 1. The summed E-state index contributed by atoms with van der Waals surface area (Å²) in [5.41, 5.74) is -0.806. The number of carbonyl (C=O) groups is 1. The standard InChI is InChI=1S/C22H27BrN3O9P/c1-13-10-26(22(29)24-20(13)27)18-11-31-19(34-18)12-32-36(30,35-17-8-6-15(23)7-9-17)25-14(2)21(28)33-16-4-3-5-16/h6-10,14,16,18-19H,3-5,11-12H2,1-2H3,(H,25,30)(H,24,27,29)/t14?,18-,19-,36?/m1/s1. The van der Waals surface area contributed by atoms with E-state index in [1.165, 1.54) is 17.7 Å². The Morgan fingerprint density at radius 3 is 2.69 bits per heavy atom. The molecule has 12 nitrogen and oxygen atoms in total. The van der Waals surface area contributed by atoms with E-state index in [2.05, 4.69) is 26.0 Å². The zero-order chi connectivity index (χ0) is 25.9. The smallest absolute Gasteiger partial charge is 0.459 e. The van der Waals surface area contributed by atoms with Crippen LogP contribution in [0.15, 0.2) is 44.5 Å². The highest BCUT2D eigenvalue weighted by atomic mass is 79.9. The number of halogens is 1. The Labute approximate surface area is 214 Å². The molecule has 0 amide bonds. The second kappa shape index (κ2) is 11.4. The number of ether oxygens (including phenoxy) is 3. The van der Waals surface area contributed by atoms with Crippen LogP contribution in [0.1, 0.15) is 38.0 Å². The highest BCUT2D eigenvalue weighted by molar-refractivity contribution is 9.10. The van der Waals surface area contributed by atoms with Crippen molar-refractivity contribution in [3.63, 3.8) is 0 Å². The highest BCUT2D eigenvalue weighted by Gasteiger charge is 2.37. The van der Waals surface area contributed by atoms with Gasteiger partial charge >= 0.3 is 19.4 Å². The van der Waals surface area contributed by atoms with Gasteiger partial charge in [0.05, 0.1) is 6.61 Å². The normalized spacial score (nSPS) is 22.4. The van der Waals surface area contributed by atoms with Gasteiger partial charge in [-0.3, -0.25) is 23.7 Å². The minimum absolute atomic E-state index is 0.00513. The molecule has 4 atom stereocenters. The third-order valence-electron chi connectivity index (χ3n) is 5.65. The molecular weight excluding hydrogens is 561 g/mol. The van der Waals surface area contributed by atoms with Crippen LogP contribution in [0, 0.1) is 6.92 Å². The van der Waals surface area contributed by atoms with Crippen LogP contribution >= 0.6 is 23.7 Å². The Hall–Kier alpha value is -2.28. The van der Waals surface area contributed by atoms with E-state index in [4.69, 9.17) is 23.3 Å². The van der Waals surface area contributed by atoms with E-state index in [1.54, 1.807) is 31.2 Å². The average Bonchev–Trinajstić information content (AvgIpc) is 3.27. The molecule has 4 rings (SSSR count). The lowest BCUT2D eigenvalue weighted by molar-refractivity contribution is -0.154. The van der Waals surface area contributed by atoms with Crippen molar-refractivity contribution in [1.82, 2.24) is 14.6 Å². The predicted octanol–water partition coefficient (Wildman–Crippen LogP) is 2.76. The van der Waals surface area contributed by atoms with Gasteiger partial charge in [-0.2, -0.15) is 5.09 Å². The van der Waals surface area contributed by atoms with Gasteiger partial charge in [-0.25, -0.2) is 9.36 Å². The quantitative estimate of drug-likeness (QED) is 0.314. The minimum atomic E-state index is -4.11. The largest absolute Gasteiger partial charge is 0.461 e. The molecule has 1 saturated carbocycles. The van der Waals surface area contributed by atoms with Crippen molar-refractivity contribution in [3.05, 3.63) is 61.3 Å². The molecule has 0 bridgehead atoms. The molecule has 1 aliphatic carbocycles. The van der Waals surface area contributed by atoms with Crippen LogP contribution in [-0.4, -0.2) is 47.2 Å². The Morgan fingerprint density at radius 2 is 2.03 bits per heavy atom. The number of hydrogen-bond donors (Lipinski definition) is 2. The van der Waals surface area contributed by atoms with Gasteiger partial charge in [0.1, 0.15) is 24.5 Å². The Bertz CT molecular complexity index is 1240. The maximum atomic E-state index is 13.6. The van der Waals surface area contributed by atoms with Crippen molar-refractivity contribution < 1.29 is 32.6 Å². The molecule has 2 aliphatic rings. The van der Waals surface area contributed by atoms with Gasteiger partial charge in [-0.1, -0.05) is 15.9 Å². The maximum Gasteiger partial charge on any atom is 0.459 e. The SMILES string of the molecule is Cc1cn([C@H]2CO[C@@H](COP(=O)(NC(C)C(=O)OC3CCC3)Oc3ccc(Br)cc3)O2)c(=O)[nH]c1=O. The van der Waals surface area contributed by atoms with Gasteiger partial charge in [0.15, 0.2) is 12.5 Å². The van der Waals surface area contributed by atoms with Gasteiger partial charge in [-0.05, 0) is 57.4 Å². The van der Waals surface area contributed by atoms with E-state index in [1.807, 2.05) is 0 Å². The lowest BCUT2D eigenvalue weighted by Crippen LogP contribution is -2.38. The first kappa shape index (κ1) is 26.8. The monoisotopic (exact) mass is 587 g/mol. The molecule has 0 radical (unpaired) electrons. The van der Waals surface area contributed by atoms with Crippen molar-refractivity contribution in [2.75, 3.05) is 13.2 Å². The van der Waals surface area contributed by atoms with Crippen LogP contribution in [0.25, 0.3) is 0 Å². The second-order valence-corrected chi connectivity index (χ2v) is 11.1. The highest BCUT2D eigenvalue weighted by Crippen LogP contribution is 2.45. The van der Waals surface area contributed by atoms with Gasteiger partial charge in [0.2, 0.25) is 0 Å². The number of benzene rings is 1. The number of H-pyrrole nitrogens is 1. The molecule has 1 aromatic heterocycles. The molecule has 2 heterocycles. The first-order valence-electron chi connectivity index (χ1n) is 11.4. The van der Waals surface area contributed by atoms with Crippen LogP contribution in [0.4, 0.5) is 0 Å². The molecule has 36 heavy (non-hydrogen) atoms. The topological polar surface area (TPSA) is 147 Å². The van der Waals surface area contributed by atoms with E-state index in [0.717, 1.165) is 23.7 Å². The summed E-state index contributed by atoms with van der Waals surface area (Å²) in [6, 6.07) is 5.59. The number of nitrogens with zero attached hydrogens (tertiary/aromatic N) is 1. The second-order valence-electron chi connectivity index (χ2n) is 8.51. The van der Waals surface area contributed by atoms with E-state index in [-0.39, 0.29) is 25.1 Å². The number of nitrogens with one attached hydrogen (secondary N) is 2. The van der Waals surface area contributed by atoms with Crippen LogP contribution in [-0.2, 0) is 28.1 Å². The number of aromatic nitrogens is 2. The van der Waals surface area contributed by atoms with Crippen molar-refractivity contribution in [3.8, 4) is 5.75 Å². The molecular formula is C22H27BrN3O9P. The van der Waals surface area contributed by atoms with Gasteiger partial charge in [0, 0.05) is 16.2 Å². The van der Waals surface area contributed by atoms with E-state index in [9.17, 15) is 18.9 Å². The average molecular weight is 588 g/mol. The Kier molecular flexibility index (Phi) is 8.48. The lowest BCUT2D eigenvalue weighted by Gasteiger charge is -2.28. The van der Waals surface area contributed by atoms with E-state index >= 15 is 0 Å². The van der Waals surface area contributed by atoms with Crippen molar-refractivity contribution in [2.24, 2.45) is 0 Å². The zero-order valence-electron chi connectivity index (χ0n) is 19.7. The van der Waals surface area contributed by atoms with Crippen LogP contribution in [0.2, 0.25) is 0 Å². The number of aromatic amines is 1. The van der Waals surface area contributed by atoms with Crippen molar-refractivity contribution >= 4 is 29.6 Å². The molecule has 2 aromatic rings. The molecule has 0 spiro atoms. The minimum Gasteiger partial charge on any atom is -0.461 e. The summed E-state index contributed by atoms with van der Waals surface area (Å²) < 4.78 is 43.4. The van der Waals surface area contributed by atoms with Gasteiger partial charge in [0.25, 0.3) is 5.56 Å². The van der Waals surface area contributed by atoms with E-state index < -0.39 is 43.5 Å². The number of aryl methyl sites for hydroxylation is 1. The summed E-state index contributed by atoms with van der Waals surface area (Å²) in [5, 5.41) is 2.62. The van der Waals surface area contributed by atoms with Gasteiger partial charge < -0.3 is 18.7 Å². The zero-order valence-corrected chi connectivity index (χ0v) is 22.2. The van der Waals surface area contributed by atoms with Crippen LogP contribution < -0.4 is 20.9 Å². The molecule has 1 aliphatic heterocycles. The molecule has 14 heteroatoms. The van der Waals surface area contributed by atoms with E-state index in [0.29, 0.717) is 5.56 Å². The molecule has 1 aromatic carbocycles. The van der Waals surface area contributed by atoms with Crippen LogP contribution in [0.5, 0.6) is 5.75 Å². The van der Waals surface area contributed by atoms with Crippen molar-refractivity contribution in [1.29, 1.82) is 0 Å². The molecule has 2 N–H and O–H groups in total. The Morgan fingerprint density at radius 1 is 1.31 bits per heavy atom. The maximum absolute atomic E-state index is 13.6. The summed E-state index contributed by atoms with van der Waals surface area (Å²) in [7, 11) is -4.11. The van der Waals surface area contributed by atoms with Gasteiger partial charge in [-0.15, -0.1) is 0 Å². The fourth-order valence-electron chi connectivity index (χ4n) is 3.40. The third kappa shape index (κ3) is 6.72. The van der Waals surface area contributed by atoms with Crippen LogP contribution in [0.3, 0.4) is 0 Å². The predicted molar refractivity (Wildman–Crippen MR) is 131 cm³/mol. The summed E-state index contributed by atoms with van der Waals surface area (Å²) in [6.45, 7) is 2.73. The lowest BCUT2D eigenvalue weighted by atomic mass is 9.96. The molecule has 1 saturated heterocycles. The third-order valence-corrected chi connectivity index (χ3v) is 7.82. The first-order valence-corrected chi connectivity index (χ1v) is 13.7. The molecule has 2 fully saturated rings. The molecule has 196 valence electrons.